The maximum Gasteiger partial charge on any atom is 0.122 e. The Kier molecular flexibility index (Phi) is 3.38. The number of aromatic nitrogens is 2. The fourth-order valence-corrected chi connectivity index (χ4v) is 2.57. The first-order valence-corrected chi connectivity index (χ1v) is 5.73. The number of anilines is 1. The molecule has 0 saturated heterocycles. The van der Waals surface area contributed by atoms with Crippen LogP contribution >= 0.6 is 12.4 Å². The van der Waals surface area contributed by atoms with Gasteiger partial charge in [-0.1, -0.05) is 24.3 Å². The molecule has 2 N–H and O–H groups in total. The van der Waals surface area contributed by atoms with Gasteiger partial charge in [0.15, 0.2) is 0 Å². The molecule has 1 unspecified atom stereocenters. The SMILES string of the molecule is Cl.Nc1ccnn1C1CCCc2ccccc21. The summed E-state index contributed by atoms with van der Waals surface area (Å²) < 4.78 is 1.94. The molecule has 17 heavy (non-hydrogen) atoms. The average molecular weight is 250 g/mol. The van der Waals surface area contributed by atoms with E-state index in [-0.39, 0.29) is 12.4 Å². The van der Waals surface area contributed by atoms with Crippen molar-refractivity contribution in [3.8, 4) is 0 Å². The van der Waals surface area contributed by atoms with Crippen molar-refractivity contribution >= 4 is 18.2 Å². The highest BCUT2D eigenvalue weighted by molar-refractivity contribution is 5.85. The van der Waals surface area contributed by atoms with Gasteiger partial charge in [-0.25, -0.2) is 4.68 Å². The first-order valence-electron chi connectivity index (χ1n) is 5.73. The number of hydrogen-bond donors (Lipinski definition) is 1. The van der Waals surface area contributed by atoms with Crippen molar-refractivity contribution in [2.75, 3.05) is 5.73 Å². The largest absolute Gasteiger partial charge is 0.384 e. The molecular weight excluding hydrogens is 234 g/mol. The van der Waals surface area contributed by atoms with Crippen molar-refractivity contribution in [2.45, 2.75) is 25.3 Å². The predicted molar refractivity (Wildman–Crippen MR) is 71.4 cm³/mol. The summed E-state index contributed by atoms with van der Waals surface area (Å²) in [6.45, 7) is 0. The Hall–Kier alpha value is -1.48. The summed E-state index contributed by atoms with van der Waals surface area (Å²) in [4.78, 5) is 0. The summed E-state index contributed by atoms with van der Waals surface area (Å²) >= 11 is 0. The third-order valence-corrected chi connectivity index (χ3v) is 3.33. The molecule has 0 fully saturated rings. The number of rotatable bonds is 1. The highest BCUT2D eigenvalue weighted by atomic mass is 35.5. The molecule has 1 heterocycles. The lowest BCUT2D eigenvalue weighted by Crippen LogP contribution is -2.19. The van der Waals surface area contributed by atoms with Gasteiger partial charge in [0.1, 0.15) is 5.82 Å². The molecule has 0 spiro atoms. The number of nitrogens with two attached hydrogens (primary N) is 1. The summed E-state index contributed by atoms with van der Waals surface area (Å²) in [5.41, 5.74) is 8.75. The smallest absolute Gasteiger partial charge is 0.122 e. The molecule has 90 valence electrons. The fourth-order valence-electron chi connectivity index (χ4n) is 2.57. The summed E-state index contributed by atoms with van der Waals surface area (Å²) in [6.07, 6.45) is 5.28. The second kappa shape index (κ2) is 4.80. The topological polar surface area (TPSA) is 43.8 Å². The third kappa shape index (κ3) is 2.03. The predicted octanol–water partition coefficient (Wildman–Crippen LogP) is 2.81. The Morgan fingerprint density at radius 3 is 2.82 bits per heavy atom. The van der Waals surface area contributed by atoms with Crippen LogP contribution in [-0.2, 0) is 6.42 Å². The van der Waals surface area contributed by atoms with Gasteiger partial charge in [-0.05, 0) is 36.5 Å². The van der Waals surface area contributed by atoms with E-state index in [2.05, 4.69) is 29.4 Å². The zero-order valence-electron chi connectivity index (χ0n) is 9.54. The molecule has 3 rings (SSSR count). The summed E-state index contributed by atoms with van der Waals surface area (Å²) in [5, 5.41) is 4.33. The minimum absolute atomic E-state index is 0. The molecule has 2 aromatic rings. The van der Waals surface area contributed by atoms with Crippen LogP contribution in [0.1, 0.15) is 30.0 Å². The van der Waals surface area contributed by atoms with Gasteiger partial charge in [0, 0.05) is 0 Å². The molecule has 1 aromatic carbocycles. The number of hydrogen-bond acceptors (Lipinski definition) is 2. The van der Waals surface area contributed by atoms with E-state index >= 15 is 0 Å². The molecule has 1 aliphatic carbocycles. The Bertz CT molecular complexity index is 507. The van der Waals surface area contributed by atoms with E-state index < -0.39 is 0 Å². The van der Waals surface area contributed by atoms with Crippen molar-refractivity contribution in [1.29, 1.82) is 0 Å². The highest BCUT2D eigenvalue weighted by Gasteiger charge is 2.22. The molecule has 0 amide bonds. The van der Waals surface area contributed by atoms with Crippen LogP contribution in [-0.4, -0.2) is 9.78 Å². The fraction of sp³-hybridized carbons (Fsp3) is 0.308. The van der Waals surface area contributed by atoms with Crippen LogP contribution in [0.2, 0.25) is 0 Å². The van der Waals surface area contributed by atoms with Gasteiger partial charge in [0.25, 0.3) is 0 Å². The second-order valence-corrected chi connectivity index (χ2v) is 4.31. The van der Waals surface area contributed by atoms with Gasteiger partial charge in [0.2, 0.25) is 0 Å². The number of aryl methyl sites for hydroxylation is 1. The first-order chi connectivity index (χ1) is 7.86. The molecule has 1 aromatic heterocycles. The lowest BCUT2D eigenvalue weighted by atomic mass is 9.88. The lowest BCUT2D eigenvalue weighted by Gasteiger charge is -2.26. The monoisotopic (exact) mass is 249 g/mol. The minimum atomic E-state index is 0. The zero-order valence-corrected chi connectivity index (χ0v) is 10.4. The van der Waals surface area contributed by atoms with Gasteiger partial charge in [0.05, 0.1) is 12.2 Å². The Morgan fingerprint density at radius 1 is 1.24 bits per heavy atom. The number of benzene rings is 1. The third-order valence-electron chi connectivity index (χ3n) is 3.33. The molecule has 1 atom stereocenters. The standard InChI is InChI=1S/C13H15N3.ClH/c14-13-8-9-15-16(13)12-7-3-5-10-4-1-2-6-11(10)12;/h1-2,4,6,8-9,12H,3,5,7,14H2;1H. The van der Waals surface area contributed by atoms with Crippen LogP contribution in [0, 0.1) is 0 Å². The summed E-state index contributed by atoms with van der Waals surface area (Å²) in [5.74, 6) is 0.752. The number of halogens is 1. The molecular formula is C13H16ClN3. The maximum absolute atomic E-state index is 5.93. The van der Waals surface area contributed by atoms with Gasteiger partial charge in [-0.15, -0.1) is 12.4 Å². The number of nitrogen functional groups attached to an aromatic ring is 1. The Labute approximate surface area is 107 Å². The van der Waals surface area contributed by atoms with E-state index in [0.29, 0.717) is 6.04 Å². The van der Waals surface area contributed by atoms with Crippen molar-refractivity contribution < 1.29 is 0 Å². The van der Waals surface area contributed by atoms with E-state index in [9.17, 15) is 0 Å². The van der Waals surface area contributed by atoms with Gasteiger partial charge >= 0.3 is 0 Å². The van der Waals surface area contributed by atoms with Gasteiger partial charge < -0.3 is 5.73 Å². The van der Waals surface area contributed by atoms with Crippen LogP contribution in [0.5, 0.6) is 0 Å². The Morgan fingerprint density at radius 2 is 2.06 bits per heavy atom. The van der Waals surface area contributed by atoms with E-state index in [1.165, 1.54) is 24.0 Å². The molecule has 0 bridgehead atoms. The molecule has 0 saturated carbocycles. The lowest BCUT2D eigenvalue weighted by molar-refractivity contribution is 0.456. The minimum Gasteiger partial charge on any atom is -0.384 e. The van der Waals surface area contributed by atoms with Gasteiger partial charge in [-0.2, -0.15) is 5.10 Å². The molecule has 4 heteroatoms. The van der Waals surface area contributed by atoms with Crippen LogP contribution in [0.25, 0.3) is 0 Å². The summed E-state index contributed by atoms with van der Waals surface area (Å²) in [6, 6.07) is 10.8. The summed E-state index contributed by atoms with van der Waals surface area (Å²) in [7, 11) is 0. The normalized spacial score (nSPS) is 18.2. The molecule has 0 radical (unpaired) electrons. The van der Waals surface area contributed by atoms with E-state index in [0.717, 1.165) is 12.2 Å². The van der Waals surface area contributed by atoms with Crippen molar-refractivity contribution in [3.63, 3.8) is 0 Å². The quantitative estimate of drug-likeness (QED) is 0.845. The molecule has 3 nitrogen and oxygen atoms in total. The molecule has 0 aliphatic heterocycles. The van der Waals surface area contributed by atoms with Gasteiger partial charge in [-0.3, -0.25) is 0 Å². The Balaban J connectivity index is 0.00000108. The zero-order chi connectivity index (χ0) is 11.0. The average Bonchev–Trinajstić information content (AvgIpc) is 2.75. The van der Waals surface area contributed by atoms with Crippen LogP contribution in [0.4, 0.5) is 5.82 Å². The first kappa shape index (κ1) is 12.0. The number of nitrogens with zero attached hydrogens (tertiary/aromatic N) is 2. The van der Waals surface area contributed by atoms with E-state index in [1.807, 2.05) is 10.7 Å². The van der Waals surface area contributed by atoms with Crippen LogP contribution in [0.15, 0.2) is 36.5 Å². The van der Waals surface area contributed by atoms with Crippen molar-refractivity contribution in [1.82, 2.24) is 9.78 Å². The van der Waals surface area contributed by atoms with Crippen molar-refractivity contribution in [2.24, 2.45) is 0 Å². The van der Waals surface area contributed by atoms with Crippen LogP contribution in [0.3, 0.4) is 0 Å². The van der Waals surface area contributed by atoms with Crippen LogP contribution < -0.4 is 5.73 Å². The second-order valence-electron chi connectivity index (χ2n) is 4.31. The van der Waals surface area contributed by atoms with Crippen molar-refractivity contribution in [3.05, 3.63) is 47.7 Å². The van der Waals surface area contributed by atoms with E-state index in [1.54, 1.807) is 6.20 Å². The van der Waals surface area contributed by atoms with E-state index in [4.69, 9.17) is 5.73 Å². The number of fused-ring (bicyclic) bond motifs is 1. The maximum atomic E-state index is 5.93. The highest BCUT2D eigenvalue weighted by Crippen LogP contribution is 2.33. The molecule has 1 aliphatic rings.